The van der Waals surface area contributed by atoms with E-state index < -0.39 is 0 Å². The number of hydrogen-bond acceptors (Lipinski definition) is 4. The molecule has 25 heavy (non-hydrogen) atoms. The zero-order chi connectivity index (χ0) is 17.8. The summed E-state index contributed by atoms with van der Waals surface area (Å²) in [6, 6.07) is 10.4. The number of nitrogens with one attached hydrogen (secondary N) is 1. The van der Waals surface area contributed by atoms with Gasteiger partial charge in [-0.05, 0) is 26.0 Å². The van der Waals surface area contributed by atoms with E-state index in [2.05, 4.69) is 24.1 Å². The van der Waals surface area contributed by atoms with Crippen LogP contribution in [0.1, 0.15) is 19.6 Å². The van der Waals surface area contributed by atoms with Gasteiger partial charge < -0.3 is 19.4 Å². The number of fused-ring (bicyclic) bond motifs is 1. The Morgan fingerprint density at radius 3 is 3.00 bits per heavy atom. The van der Waals surface area contributed by atoms with Gasteiger partial charge in [0.1, 0.15) is 11.3 Å². The highest BCUT2D eigenvalue weighted by Gasteiger charge is 2.24. The van der Waals surface area contributed by atoms with E-state index in [9.17, 15) is 4.79 Å². The lowest BCUT2D eigenvalue weighted by molar-refractivity contribution is -0.0177. The standard InChI is InChI=1S/C19H27N3O3/c1-14(22-8-9-24-13-15(22)2)11-20-19(23)21(3)12-17-10-16-6-4-5-7-18(16)25-17/h4-7,10,14-15H,8-9,11-13H2,1-3H3,(H,20,23)/t14-,15-/m0/s1. The molecule has 1 aromatic heterocycles. The van der Waals surface area contributed by atoms with Crippen molar-refractivity contribution >= 4 is 17.0 Å². The lowest BCUT2D eigenvalue weighted by Gasteiger charge is -2.38. The number of para-hydroxylation sites is 1. The topological polar surface area (TPSA) is 58.0 Å². The normalized spacial score (nSPS) is 19.7. The number of ether oxygens (including phenoxy) is 1. The maximum Gasteiger partial charge on any atom is 0.317 e. The molecule has 1 N–H and O–H groups in total. The van der Waals surface area contributed by atoms with Crippen LogP contribution in [-0.2, 0) is 11.3 Å². The first-order valence-electron chi connectivity index (χ1n) is 8.84. The molecule has 2 aromatic rings. The van der Waals surface area contributed by atoms with E-state index in [1.807, 2.05) is 30.3 Å². The second kappa shape index (κ2) is 7.89. The van der Waals surface area contributed by atoms with Gasteiger partial charge >= 0.3 is 6.03 Å². The third-order valence-electron chi connectivity index (χ3n) is 4.75. The van der Waals surface area contributed by atoms with Crippen LogP contribution in [0.15, 0.2) is 34.7 Å². The minimum atomic E-state index is -0.0896. The average molecular weight is 345 g/mol. The number of benzene rings is 1. The molecule has 0 unspecified atom stereocenters. The van der Waals surface area contributed by atoms with Gasteiger partial charge in [0.15, 0.2) is 0 Å². The minimum Gasteiger partial charge on any atom is -0.459 e. The number of nitrogens with zero attached hydrogens (tertiary/aromatic N) is 2. The highest BCUT2D eigenvalue weighted by molar-refractivity contribution is 5.78. The maximum absolute atomic E-state index is 12.4. The molecule has 1 aliphatic heterocycles. The monoisotopic (exact) mass is 345 g/mol. The predicted molar refractivity (Wildman–Crippen MR) is 97.5 cm³/mol. The third-order valence-corrected chi connectivity index (χ3v) is 4.75. The summed E-state index contributed by atoms with van der Waals surface area (Å²) in [5.74, 6) is 0.786. The molecule has 2 amide bonds. The van der Waals surface area contributed by atoms with Crippen LogP contribution in [0.2, 0.25) is 0 Å². The summed E-state index contributed by atoms with van der Waals surface area (Å²) >= 11 is 0. The van der Waals surface area contributed by atoms with E-state index in [1.54, 1.807) is 11.9 Å². The van der Waals surface area contributed by atoms with Crippen LogP contribution in [0.5, 0.6) is 0 Å². The van der Waals surface area contributed by atoms with E-state index in [4.69, 9.17) is 9.15 Å². The van der Waals surface area contributed by atoms with Gasteiger partial charge in [0.05, 0.1) is 19.8 Å². The van der Waals surface area contributed by atoms with Gasteiger partial charge in [-0.1, -0.05) is 18.2 Å². The van der Waals surface area contributed by atoms with Gasteiger partial charge in [-0.25, -0.2) is 4.79 Å². The zero-order valence-electron chi connectivity index (χ0n) is 15.2. The van der Waals surface area contributed by atoms with Crippen LogP contribution in [0, 0.1) is 0 Å². The van der Waals surface area contributed by atoms with Gasteiger partial charge in [0, 0.05) is 37.6 Å². The minimum absolute atomic E-state index is 0.0896. The predicted octanol–water partition coefficient (Wildman–Crippen LogP) is 2.68. The SMILES string of the molecule is C[C@@H](CNC(=O)N(C)Cc1cc2ccccc2o1)N1CCOC[C@@H]1C. The Balaban J connectivity index is 1.50. The number of urea groups is 1. The first kappa shape index (κ1) is 17.8. The second-order valence-electron chi connectivity index (χ2n) is 6.80. The summed E-state index contributed by atoms with van der Waals surface area (Å²) in [4.78, 5) is 16.4. The first-order chi connectivity index (χ1) is 12.0. The third kappa shape index (κ3) is 4.32. The molecule has 1 saturated heterocycles. The fourth-order valence-corrected chi connectivity index (χ4v) is 3.30. The Morgan fingerprint density at radius 2 is 2.24 bits per heavy atom. The van der Waals surface area contributed by atoms with Crippen LogP contribution >= 0.6 is 0 Å². The molecule has 6 heteroatoms. The molecule has 2 atom stereocenters. The van der Waals surface area contributed by atoms with Crippen LogP contribution in [0.3, 0.4) is 0 Å². The lowest BCUT2D eigenvalue weighted by atomic mass is 10.2. The Kier molecular flexibility index (Phi) is 5.60. The first-order valence-corrected chi connectivity index (χ1v) is 8.84. The largest absolute Gasteiger partial charge is 0.459 e. The lowest BCUT2D eigenvalue weighted by Crippen LogP contribution is -2.52. The number of furan rings is 1. The number of carbonyl (C=O) groups is 1. The number of morpholine rings is 1. The molecule has 0 aliphatic carbocycles. The summed E-state index contributed by atoms with van der Waals surface area (Å²) in [5.41, 5.74) is 0.848. The molecule has 0 bridgehead atoms. The number of carbonyl (C=O) groups excluding carboxylic acids is 1. The highest BCUT2D eigenvalue weighted by atomic mass is 16.5. The van der Waals surface area contributed by atoms with E-state index in [0.717, 1.165) is 36.5 Å². The van der Waals surface area contributed by atoms with Crippen LogP contribution in [-0.4, -0.2) is 61.3 Å². The highest BCUT2D eigenvalue weighted by Crippen LogP contribution is 2.19. The van der Waals surface area contributed by atoms with Crippen molar-refractivity contribution in [3.63, 3.8) is 0 Å². The van der Waals surface area contributed by atoms with Gasteiger partial charge in [0.25, 0.3) is 0 Å². The van der Waals surface area contributed by atoms with Gasteiger partial charge in [-0.15, -0.1) is 0 Å². The molecular weight excluding hydrogens is 318 g/mol. The molecule has 136 valence electrons. The molecule has 1 fully saturated rings. The summed E-state index contributed by atoms with van der Waals surface area (Å²) in [7, 11) is 1.78. The Morgan fingerprint density at radius 1 is 1.44 bits per heavy atom. The summed E-state index contributed by atoms with van der Waals surface area (Å²) < 4.78 is 11.2. The Hall–Kier alpha value is -2.05. The summed E-state index contributed by atoms with van der Waals surface area (Å²) in [5, 5.41) is 4.07. The van der Waals surface area contributed by atoms with Crippen molar-refractivity contribution in [1.82, 2.24) is 15.1 Å². The second-order valence-corrected chi connectivity index (χ2v) is 6.80. The quantitative estimate of drug-likeness (QED) is 0.905. The zero-order valence-corrected chi connectivity index (χ0v) is 15.2. The maximum atomic E-state index is 12.4. The fourth-order valence-electron chi connectivity index (χ4n) is 3.30. The Labute approximate surface area is 148 Å². The molecule has 0 saturated carbocycles. The number of rotatable bonds is 5. The molecule has 1 aromatic carbocycles. The van der Waals surface area contributed by atoms with Crippen LogP contribution < -0.4 is 5.32 Å². The molecule has 0 radical (unpaired) electrons. The number of hydrogen-bond donors (Lipinski definition) is 1. The fraction of sp³-hybridized carbons (Fsp3) is 0.526. The summed E-state index contributed by atoms with van der Waals surface area (Å²) in [6.45, 7) is 7.79. The van der Waals surface area contributed by atoms with E-state index in [-0.39, 0.29) is 12.1 Å². The van der Waals surface area contributed by atoms with Crippen molar-refractivity contribution in [2.24, 2.45) is 0 Å². The van der Waals surface area contributed by atoms with Crippen molar-refractivity contribution in [3.8, 4) is 0 Å². The molecule has 0 spiro atoms. The average Bonchev–Trinajstić information content (AvgIpc) is 3.01. The smallest absolute Gasteiger partial charge is 0.317 e. The van der Waals surface area contributed by atoms with Crippen molar-refractivity contribution in [2.75, 3.05) is 33.4 Å². The van der Waals surface area contributed by atoms with Gasteiger partial charge in [-0.3, -0.25) is 4.90 Å². The van der Waals surface area contributed by atoms with Gasteiger partial charge in [0.2, 0.25) is 0 Å². The van der Waals surface area contributed by atoms with Crippen LogP contribution in [0.25, 0.3) is 11.0 Å². The van der Waals surface area contributed by atoms with Gasteiger partial charge in [-0.2, -0.15) is 0 Å². The molecule has 1 aliphatic rings. The van der Waals surface area contributed by atoms with Crippen molar-refractivity contribution in [3.05, 3.63) is 36.1 Å². The molecule has 6 nitrogen and oxygen atoms in total. The number of amides is 2. The molecular formula is C19H27N3O3. The van der Waals surface area contributed by atoms with Crippen LogP contribution in [0.4, 0.5) is 4.79 Å². The van der Waals surface area contributed by atoms with Crippen molar-refractivity contribution < 1.29 is 13.9 Å². The Bertz CT molecular complexity index is 682. The van der Waals surface area contributed by atoms with Crippen molar-refractivity contribution in [1.29, 1.82) is 0 Å². The van der Waals surface area contributed by atoms with E-state index >= 15 is 0 Å². The van der Waals surface area contributed by atoms with Crippen molar-refractivity contribution in [2.45, 2.75) is 32.5 Å². The van der Waals surface area contributed by atoms with E-state index in [1.165, 1.54) is 0 Å². The summed E-state index contributed by atoms with van der Waals surface area (Å²) in [6.07, 6.45) is 0. The van der Waals surface area contributed by atoms with E-state index in [0.29, 0.717) is 19.1 Å². The molecule has 3 rings (SSSR count). The molecule has 2 heterocycles.